The lowest BCUT2D eigenvalue weighted by atomic mass is 9.77. The normalized spacial score (nSPS) is 32.8. The third-order valence-electron chi connectivity index (χ3n) is 3.78. The molecule has 0 aliphatic carbocycles. The van der Waals surface area contributed by atoms with Gasteiger partial charge in [-0.2, -0.15) is 0 Å². The molecule has 0 radical (unpaired) electrons. The first-order valence-electron chi connectivity index (χ1n) is 6.63. The van der Waals surface area contributed by atoms with Crippen LogP contribution in [0.3, 0.4) is 0 Å². The highest BCUT2D eigenvalue weighted by molar-refractivity contribution is 5.72. The number of rotatable bonds is 8. The summed E-state index contributed by atoms with van der Waals surface area (Å²) in [6, 6.07) is 0. The largest absolute Gasteiger partial charge is 0.481 e. The van der Waals surface area contributed by atoms with Crippen molar-refractivity contribution in [2.24, 2.45) is 11.8 Å². The molecule has 20 heavy (non-hydrogen) atoms. The average Bonchev–Trinajstić information content (AvgIpc) is 3.03. The number of hydrogen-bond donors (Lipinski definition) is 4. The Labute approximate surface area is 115 Å². The summed E-state index contributed by atoms with van der Waals surface area (Å²) in [5.74, 6) is -5.09. The van der Waals surface area contributed by atoms with Gasteiger partial charge in [0.15, 0.2) is 0 Å². The topological polar surface area (TPSA) is 126 Å². The van der Waals surface area contributed by atoms with Gasteiger partial charge in [-0.25, -0.2) is 0 Å². The molecule has 0 spiro atoms. The smallest absolute Gasteiger partial charge is 0.309 e. The maximum atomic E-state index is 11.4. The molecule has 0 saturated carbocycles. The third-order valence-corrected chi connectivity index (χ3v) is 3.78. The molecule has 8 nitrogen and oxygen atoms in total. The molecule has 0 aromatic heterocycles. The van der Waals surface area contributed by atoms with Gasteiger partial charge in [-0.15, -0.1) is 0 Å². The summed E-state index contributed by atoms with van der Waals surface area (Å²) < 4.78 is 15.8. The van der Waals surface area contributed by atoms with E-state index in [2.05, 4.69) is 0 Å². The van der Waals surface area contributed by atoms with Crippen molar-refractivity contribution < 1.29 is 39.4 Å². The average molecular weight is 292 g/mol. The second-order valence-corrected chi connectivity index (χ2v) is 4.95. The van der Waals surface area contributed by atoms with Crippen LogP contribution < -0.4 is 0 Å². The number of hydrogen-bond acceptors (Lipinski definition) is 7. The maximum Gasteiger partial charge on any atom is 0.309 e. The zero-order chi connectivity index (χ0) is 14.8. The number of carboxylic acids is 1. The molecule has 4 unspecified atom stereocenters. The Morgan fingerprint density at radius 1 is 1.15 bits per heavy atom. The van der Waals surface area contributed by atoms with Gasteiger partial charge in [0.25, 0.3) is 5.97 Å². The number of aliphatic carboxylic acids is 1. The van der Waals surface area contributed by atoms with Gasteiger partial charge in [0.1, 0.15) is 0 Å². The van der Waals surface area contributed by atoms with Crippen LogP contribution in [0.15, 0.2) is 0 Å². The van der Waals surface area contributed by atoms with Crippen LogP contribution in [0.1, 0.15) is 12.8 Å². The zero-order valence-corrected chi connectivity index (χ0v) is 11.0. The van der Waals surface area contributed by atoms with Crippen molar-refractivity contribution in [2.75, 3.05) is 26.4 Å². The van der Waals surface area contributed by atoms with E-state index in [0.717, 1.165) is 0 Å². The van der Waals surface area contributed by atoms with E-state index in [0.29, 0.717) is 12.8 Å². The maximum absolute atomic E-state index is 11.4. The summed E-state index contributed by atoms with van der Waals surface area (Å²) in [6.45, 7) is -1.10. The van der Waals surface area contributed by atoms with Crippen molar-refractivity contribution in [2.45, 2.75) is 31.0 Å². The first kappa shape index (κ1) is 15.6. The quantitative estimate of drug-likeness (QED) is 0.399. The number of carboxylic acid groups (broad SMARTS) is 1. The minimum absolute atomic E-state index is 0.206. The van der Waals surface area contributed by atoms with Crippen LogP contribution in [0.5, 0.6) is 0 Å². The second kappa shape index (κ2) is 6.33. The molecule has 2 aliphatic heterocycles. The van der Waals surface area contributed by atoms with Crippen LogP contribution in [0.4, 0.5) is 0 Å². The minimum atomic E-state index is -2.19. The number of fused-ring (bicyclic) bond motifs is 2. The van der Waals surface area contributed by atoms with Crippen LogP contribution >= 0.6 is 0 Å². The van der Waals surface area contributed by atoms with Crippen molar-refractivity contribution in [3.05, 3.63) is 0 Å². The molecule has 116 valence electrons. The molecule has 2 heterocycles. The van der Waals surface area contributed by atoms with Crippen LogP contribution in [-0.2, 0) is 19.0 Å². The summed E-state index contributed by atoms with van der Waals surface area (Å²) in [4.78, 5) is 11.4. The van der Waals surface area contributed by atoms with E-state index < -0.39 is 36.0 Å². The molecule has 2 rings (SSSR count). The second-order valence-electron chi connectivity index (χ2n) is 4.95. The van der Waals surface area contributed by atoms with Crippen molar-refractivity contribution >= 4 is 5.97 Å². The molecular weight excluding hydrogens is 272 g/mol. The molecule has 0 aromatic carbocycles. The van der Waals surface area contributed by atoms with Gasteiger partial charge in [-0.1, -0.05) is 0 Å². The fraction of sp³-hybridized carbons (Fsp3) is 0.917. The predicted octanol–water partition coefficient (Wildman–Crippen LogP) is -1.47. The Morgan fingerprint density at radius 2 is 1.70 bits per heavy atom. The molecule has 2 bridgehead atoms. The van der Waals surface area contributed by atoms with E-state index in [1.807, 2.05) is 0 Å². The number of carbonyl (C=O) groups is 1. The van der Waals surface area contributed by atoms with Crippen molar-refractivity contribution in [3.63, 3.8) is 0 Å². The summed E-state index contributed by atoms with van der Waals surface area (Å²) in [7, 11) is 0. The lowest BCUT2D eigenvalue weighted by Gasteiger charge is -2.38. The molecule has 2 fully saturated rings. The van der Waals surface area contributed by atoms with E-state index in [4.69, 9.17) is 24.4 Å². The van der Waals surface area contributed by atoms with Gasteiger partial charge in [-0.3, -0.25) is 4.79 Å². The van der Waals surface area contributed by atoms with Gasteiger partial charge in [0, 0.05) is 0 Å². The van der Waals surface area contributed by atoms with E-state index in [1.54, 1.807) is 0 Å². The number of aliphatic hydroxyl groups is 3. The Kier molecular flexibility index (Phi) is 4.95. The van der Waals surface area contributed by atoms with E-state index in [1.165, 1.54) is 0 Å². The Balaban J connectivity index is 2.19. The molecule has 2 saturated heterocycles. The van der Waals surface area contributed by atoms with Crippen molar-refractivity contribution in [1.29, 1.82) is 0 Å². The lowest BCUT2D eigenvalue weighted by Crippen LogP contribution is -2.53. The molecule has 4 N–H and O–H groups in total. The first-order valence-corrected chi connectivity index (χ1v) is 6.63. The van der Waals surface area contributed by atoms with Gasteiger partial charge >= 0.3 is 5.97 Å². The van der Waals surface area contributed by atoms with Crippen LogP contribution in [0.2, 0.25) is 0 Å². The van der Waals surface area contributed by atoms with Gasteiger partial charge < -0.3 is 34.6 Å². The monoisotopic (exact) mass is 292 g/mol. The number of ether oxygens (including phenoxy) is 3. The predicted molar refractivity (Wildman–Crippen MR) is 63.5 cm³/mol. The Bertz CT molecular complexity index is 338. The SMILES string of the molecule is O=C(O)C1C2CCC(O2)C1C(O)(OCCO)OCCO. The van der Waals surface area contributed by atoms with Gasteiger partial charge in [0.2, 0.25) is 0 Å². The molecule has 4 atom stereocenters. The Morgan fingerprint density at radius 3 is 2.20 bits per heavy atom. The summed E-state index contributed by atoms with van der Waals surface area (Å²) in [6.07, 6.45) is 0.300. The molecule has 2 aliphatic rings. The van der Waals surface area contributed by atoms with E-state index >= 15 is 0 Å². The first-order chi connectivity index (χ1) is 9.53. The van der Waals surface area contributed by atoms with Crippen molar-refractivity contribution in [1.82, 2.24) is 0 Å². The summed E-state index contributed by atoms with van der Waals surface area (Å²) in [5.41, 5.74) is 0. The van der Waals surface area contributed by atoms with Crippen LogP contribution in [0, 0.1) is 11.8 Å². The third kappa shape index (κ3) is 2.80. The lowest BCUT2D eigenvalue weighted by molar-refractivity contribution is -0.396. The fourth-order valence-electron chi connectivity index (χ4n) is 3.07. The fourth-order valence-corrected chi connectivity index (χ4v) is 3.07. The highest BCUT2D eigenvalue weighted by Gasteiger charge is 2.62. The highest BCUT2D eigenvalue weighted by Crippen LogP contribution is 2.48. The minimum Gasteiger partial charge on any atom is -0.481 e. The zero-order valence-electron chi connectivity index (χ0n) is 11.0. The van der Waals surface area contributed by atoms with Gasteiger partial charge in [0.05, 0.1) is 50.5 Å². The highest BCUT2D eigenvalue weighted by atomic mass is 16.8. The summed E-state index contributed by atoms with van der Waals surface area (Å²) in [5, 5.41) is 37.5. The van der Waals surface area contributed by atoms with Crippen LogP contribution in [-0.4, -0.2) is 71.0 Å². The van der Waals surface area contributed by atoms with E-state index in [9.17, 15) is 15.0 Å². The van der Waals surface area contributed by atoms with Crippen LogP contribution in [0.25, 0.3) is 0 Å². The molecular formula is C12H20O8. The standard InChI is InChI=1S/C12H20O8/c13-3-5-18-12(17,19-6-4-14)10-8-2-1-7(20-8)9(10)11(15)16/h7-10,13-14,17H,1-6H2,(H,15,16). The van der Waals surface area contributed by atoms with E-state index in [-0.39, 0.29) is 26.4 Å². The molecule has 8 heteroatoms. The summed E-state index contributed by atoms with van der Waals surface area (Å²) >= 11 is 0. The van der Waals surface area contributed by atoms with Crippen molar-refractivity contribution in [3.8, 4) is 0 Å². The molecule has 0 aromatic rings. The Hall–Kier alpha value is -0.770. The molecule has 0 amide bonds. The number of aliphatic hydroxyl groups excluding tert-OH is 2. The van der Waals surface area contributed by atoms with Gasteiger partial charge in [-0.05, 0) is 12.8 Å².